The topological polar surface area (TPSA) is 74.0 Å². The molecule has 78 valence electrons. The molecule has 1 rings (SSSR count). The van der Waals surface area contributed by atoms with E-state index in [9.17, 15) is 13.6 Å². The highest BCUT2D eigenvalue weighted by atomic mass is 19.3. The van der Waals surface area contributed by atoms with Crippen molar-refractivity contribution in [3.63, 3.8) is 0 Å². The van der Waals surface area contributed by atoms with Crippen LogP contribution in [0.5, 0.6) is 0 Å². The number of halogens is 2. The Hall–Kier alpha value is -2.03. The van der Waals surface area contributed by atoms with E-state index in [1.807, 2.05) is 0 Å². The number of aromatic nitrogens is 1. The lowest BCUT2D eigenvalue weighted by atomic mass is 10.1. The van der Waals surface area contributed by atoms with Crippen LogP contribution in [-0.2, 0) is 0 Å². The van der Waals surface area contributed by atoms with Crippen LogP contribution in [0.3, 0.4) is 0 Å². The first-order valence-corrected chi connectivity index (χ1v) is 3.90. The molecule has 0 aliphatic carbocycles. The van der Waals surface area contributed by atoms with E-state index in [4.69, 9.17) is 10.4 Å². The Bertz CT molecular complexity index is 452. The summed E-state index contributed by atoms with van der Waals surface area (Å²) >= 11 is 0. The van der Waals surface area contributed by atoms with Crippen molar-refractivity contribution in [3.05, 3.63) is 28.6 Å². The molecule has 6 heteroatoms. The number of carboxylic acids is 1. The molecule has 1 aromatic rings. The number of aromatic carboxylic acids is 1. The largest absolute Gasteiger partial charge is 0.476 e. The average Bonchev–Trinajstić information content (AvgIpc) is 2.16. The average molecular weight is 212 g/mol. The molecule has 1 N–H and O–H groups in total. The van der Waals surface area contributed by atoms with Crippen molar-refractivity contribution in [2.45, 2.75) is 13.3 Å². The highest BCUT2D eigenvalue weighted by molar-refractivity contribution is 5.87. The van der Waals surface area contributed by atoms with Crippen molar-refractivity contribution >= 4 is 5.97 Å². The fourth-order valence-electron chi connectivity index (χ4n) is 1.07. The molecule has 0 atom stereocenters. The van der Waals surface area contributed by atoms with Gasteiger partial charge in [0.1, 0.15) is 6.07 Å². The van der Waals surface area contributed by atoms with Crippen LogP contribution in [-0.4, -0.2) is 16.1 Å². The summed E-state index contributed by atoms with van der Waals surface area (Å²) in [6.45, 7) is 1.39. The van der Waals surface area contributed by atoms with Crippen LogP contribution in [0.25, 0.3) is 0 Å². The van der Waals surface area contributed by atoms with Crippen LogP contribution >= 0.6 is 0 Å². The summed E-state index contributed by atoms with van der Waals surface area (Å²) in [7, 11) is 0. The Balaban J connectivity index is 3.47. The lowest BCUT2D eigenvalue weighted by Gasteiger charge is -2.06. The van der Waals surface area contributed by atoms with Crippen LogP contribution in [0.2, 0.25) is 0 Å². The molecule has 0 saturated heterocycles. The summed E-state index contributed by atoms with van der Waals surface area (Å²) in [5.74, 6) is -1.53. The number of carboxylic acid groups (broad SMARTS) is 1. The summed E-state index contributed by atoms with van der Waals surface area (Å²) in [6, 6.07) is 2.53. The SMILES string of the molecule is Cc1nc(C(=O)O)c(C(F)F)cc1C#N. The van der Waals surface area contributed by atoms with E-state index >= 15 is 0 Å². The number of hydrogen-bond acceptors (Lipinski definition) is 3. The quantitative estimate of drug-likeness (QED) is 0.812. The summed E-state index contributed by atoms with van der Waals surface area (Å²) in [4.78, 5) is 14.1. The number of aryl methyl sites for hydroxylation is 1. The summed E-state index contributed by atoms with van der Waals surface area (Å²) in [5, 5.41) is 17.2. The van der Waals surface area contributed by atoms with Crippen LogP contribution in [0.15, 0.2) is 6.07 Å². The molecular formula is C9H6F2N2O2. The van der Waals surface area contributed by atoms with Gasteiger partial charge in [-0.25, -0.2) is 18.6 Å². The molecule has 0 spiro atoms. The molecule has 4 nitrogen and oxygen atoms in total. The first-order valence-electron chi connectivity index (χ1n) is 3.90. The third kappa shape index (κ3) is 2.07. The molecule has 1 aromatic heterocycles. The van der Waals surface area contributed by atoms with E-state index in [0.29, 0.717) is 0 Å². The van der Waals surface area contributed by atoms with Crippen LogP contribution in [0.4, 0.5) is 8.78 Å². The maximum absolute atomic E-state index is 12.4. The number of nitrogens with zero attached hydrogens (tertiary/aromatic N) is 2. The highest BCUT2D eigenvalue weighted by Crippen LogP contribution is 2.23. The third-order valence-corrected chi connectivity index (χ3v) is 1.80. The van der Waals surface area contributed by atoms with Crippen molar-refractivity contribution in [1.29, 1.82) is 5.26 Å². The number of alkyl halides is 2. The molecule has 0 fully saturated rings. The fraction of sp³-hybridized carbons (Fsp3) is 0.222. The minimum Gasteiger partial charge on any atom is -0.476 e. The van der Waals surface area contributed by atoms with Crippen molar-refractivity contribution in [2.24, 2.45) is 0 Å². The van der Waals surface area contributed by atoms with Gasteiger partial charge in [-0.1, -0.05) is 0 Å². The Kier molecular flexibility index (Phi) is 2.95. The molecule has 0 radical (unpaired) electrons. The summed E-state index contributed by atoms with van der Waals surface area (Å²) in [6.07, 6.45) is -2.96. The maximum Gasteiger partial charge on any atom is 0.355 e. The monoisotopic (exact) mass is 212 g/mol. The van der Waals surface area contributed by atoms with Crippen molar-refractivity contribution < 1.29 is 18.7 Å². The Labute approximate surface area is 83.8 Å². The Morgan fingerprint density at radius 3 is 2.67 bits per heavy atom. The Morgan fingerprint density at radius 2 is 2.27 bits per heavy atom. The maximum atomic E-state index is 12.4. The molecule has 15 heavy (non-hydrogen) atoms. The third-order valence-electron chi connectivity index (χ3n) is 1.80. The van der Waals surface area contributed by atoms with Gasteiger partial charge in [0.15, 0.2) is 5.69 Å². The zero-order valence-electron chi connectivity index (χ0n) is 7.66. The normalized spacial score (nSPS) is 10.1. The van der Waals surface area contributed by atoms with Gasteiger partial charge in [0, 0.05) is 0 Å². The smallest absolute Gasteiger partial charge is 0.355 e. The lowest BCUT2D eigenvalue weighted by molar-refractivity contribution is 0.0677. The minimum atomic E-state index is -2.96. The number of pyridine rings is 1. The predicted octanol–water partition coefficient (Wildman–Crippen LogP) is 1.90. The van der Waals surface area contributed by atoms with E-state index in [2.05, 4.69) is 4.98 Å². The van der Waals surface area contributed by atoms with Gasteiger partial charge in [-0.3, -0.25) is 0 Å². The van der Waals surface area contributed by atoms with Gasteiger partial charge in [0.2, 0.25) is 0 Å². The molecule has 0 saturated carbocycles. The first kappa shape index (κ1) is 11.0. The molecule has 0 amide bonds. The van der Waals surface area contributed by atoms with E-state index in [1.165, 1.54) is 6.92 Å². The van der Waals surface area contributed by atoms with Crippen LogP contribution in [0, 0.1) is 18.3 Å². The molecule has 0 aromatic carbocycles. The number of carbonyl (C=O) groups is 1. The van der Waals surface area contributed by atoms with Crippen molar-refractivity contribution in [1.82, 2.24) is 4.98 Å². The number of rotatable bonds is 2. The van der Waals surface area contributed by atoms with Gasteiger partial charge in [-0.2, -0.15) is 5.26 Å². The van der Waals surface area contributed by atoms with E-state index in [1.54, 1.807) is 6.07 Å². The zero-order valence-corrected chi connectivity index (χ0v) is 7.66. The second kappa shape index (κ2) is 4.00. The van der Waals surface area contributed by atoms with Gasteiger partial charge in [0.25, 0.3) is 6.43 Å². The van der Waals surface area contributed by atoms with Gasteiger partial charge < -0.3 is 5.11 Å². The van der Waals surface area contributed by atoms with Crippen molar-refractivity contribution in [3.8, 4) is 6.07 Å². The second-order valence-electron chi connectivity index (χ2n) is 2.78. The molecule has 1 heterocycles. The standard InChI is InChI=1S/C9H6F2N2O2/c1-4-5(3-12)2-6(8(10)11)7(13-4)9(14)15/h2,8H,1H3,(H,14,15). The molecule has 0 bridgehead atoms. The first-order chi connectivity index (χ1) is 6.97. The lowest BCUT2D eigenvalue weighted by Crippen LogP contribution is -2.08. The van der Waals surface area contributed by atoms with E-state index in [-0.39, 0.29) is 11.3 Å². The number of hydrogen-bond donors (Lipinski definition) is 1. The van der Waals surface area contributed by atoms with Crippen LogP contribution in [0.1, 0.15) is 33.7 Å². The van der Waals surface area contributed by atoms with E-state index < -0.39 is 23.7 Å². The zero-order chi connectivity index (χ0) is 11.6. The Morgan fingerprint density at radius 1 is 1.67 bits per heavy atom. The minimum absolute atomic E-state index is 0.0460. The summed E-state index contributed by atoms with van der Waals surface area (Å²) in [5.41, 5.74) is -1.36. The molecule has 0 aliphatic heterocycles. The van der Waals surface area contributed by atoms with Gasteiger partial charge in [0.05, 0.1) is 16.8 Å². The molecule has 0 aliphatic rings. The van der Waals surface area contributed by atoms with Crippen molar-refractivity contribution in [2.75, 3.05) is 0 Å². The van der Waals surface area contributed by atoms with Gasteiger partial charge >= 0.3 is 5.97 Å². The summed E-state index contributed by atoms with van der Waals surface area (Å²) < 4.78 is 24.8. The number of nitriles is 1. The van der Waals surface area contributed by atoms with Crippen LogP contribution < -0.4 is 0 Å². The fourth-order valence-corrected chi connectivity index (χ4v) is 1.07. The molecular weight excluding hydrogens is 206 g/mol. The van der Waals surface area contributed by atoms with Gasteiger partial charge in [-0.15, -0.1) is 0 Å². The molecule has 0 unspecified atom stereocenters. The second-order valence-corrected chi connectivity index (χ2v) is 2.78. The highest BCUT2D eigenvalue weighted by Gasteiger charge is 2.21. The van der Waals surface area contributed by atoms with Gasteiger partial charge in [-0.05, 0) is 13.0 Å². The van der Waals surface area contributed by atoms with E-state index in [0.717, 1.165) is 6.07 Å². The predicted molar refractivity (Wildman–Crippen MR) is 45.6 cm³/mol.